The molecule has 0 bridgehead atoms. The van der Waals surface area contributed by atoms with E-state index in [4.69, 9.17) is 22.1 Å². The number of carbonyl (C=O) groups excluding carboxylic acids is 1. The molecular weight excluding hydrogens is 362 g/mol. The molecule has 27 heavy (non-hydrogen) atoms. The number of ether oxygens (including phenoxy) is 1. The van der Waals surface area contributed by atoms with Crippen LogP contribution in [0.3, 0.4) is 0 Å². The second-order valence-corrected chi connectivity index (χ2v) is 7.41. The Morgan fingerprint density at radius 2 is 1.81 bits per heavy atom. The molecule has 0 radical (unpaired) electrons. The molecule has 4 rings (SSSR count). The van der Waals surface area contributed by atoms with Gasteiger partial charge < -0.3 is 19.9 Å². The Morgan fingerprint density at radius 3 is 2.52 bits per heavy atom. The molecule has 1 saturated heterocycles. The molecule has 1 aromatic heterocycles. The number of nitrogens with zero attached hydrogens (tertiary/aromatic N) is 2. The molecule has 1 fully saturated rings. The van der Waals surface area contributed by atoms with Crippen molar-refractivity contribution < 1.29 is 9.53 Å². The quantitative estimate of drug-likeness (QED) is 0.693. The van der Waals surface area contributed by atoms with Gasteiger partial charge in [0, 0.05) is 54.6 Å². The average Bonchev–Trinajstić information content (AvgIpc) is 2.99. The zero-order chi connectivity index (χ0) is 19.0. The molecule has 0 saturated carbocycles. The number of halogens is 1. The topological polar surface area (TPSA) is 60.5 Å². The zero-order valence-corrected chi connectivity index (χ0v) is 15.9. The third-order valence-corrected chi connectivity index (χ3v) is 5.38. The van der Waals surface area contributed by atoms with Gasteiger partial charge in [-0.15, -0.1) is 0 Å². The van der Waals surface area contributed by atoms with Crippen molar-refractivity contribution in [3.05, 3.63) is 59.2 Å². The van der Waals surface area contributed by atoms with Gasteiger partial charge in [0.2, 0.25) is 0 Å². The number of benzene rings is 2. The minimum atomic E-state index is 0.0530. The fourth-order valence-electron chi connectivity index (χ4n) is 3.62. The summed E-state index contributed by atoms with van der Waals surface area (Å²) in [6, 6.07) is 15.0. The fourth-order valence-corrected chi connectivity index (χ4v) is 3.74. The maximum atomic E-state index is 13.0. The van der Waals surface area contributed by atoms with Gasteiger partial charge in [-0.3, -0.25) is 4.79 Å². The smallest absolute Gasteiger partial charge is 0.270 e. The van der Waals surface area contributed by atoms with Gasteiger partial charge in [-0.2, -0.15) is 0 Å². The molecule has 0 unspecified atom stereocenters. The maximum absolute atomic E-state index is 13.0. The van der Waals surface area contributed by atoms with E-state index in [-0.39, 0.29) is 12.0 Å². The van der Waals surface area contributed by atoms with E-state index in [1.807, 2.05) is 65.0 Å². The van der Waals surface area contributed by atoms with Crippen LogP contribution in [-0.4, -0.2) is 34.6 Å². The first-order chi connectivity index (χ1) is 13.0. The molecule has 6 heteroatoms. The molecule has 0 spiro atoms. The number of piperidine rings is 1. The van der Waals surface area contributed by atoms with Crippen LogP contribution < -0.4 is 10.5 Å². The van der Waals surface area contributed by atoms with Crippen molar-refractivity contribution in [1.82, 2.24) is 9.47 Å². The molecule has 140 valence electrons. The Hall–Kier alpha value is -2.66. The van der Waals surface area contributed by atoms with Crippen LogP contribution in [0.25, 0.3) is 10.9 Å². The predicted molar refractivity (Wildman–Crippen MR) is 108 cm³/mol. The summed E-state index contributed by atoms with van der Waals surface area (Å²) in [5, 5.41) is 1.68. The monoisotopic (exact) mass is 383 g/mol. The zero-order valence-electron chi connectivity index (χ0n) is 15.2. The van der Waals surface area contributed by atoms with Gasteiger partial charge in [0.25, 0.3) is 5.91 Å². The lowest BCUT2D eigenvalue weighted by atomic mass is 10.1. The van der Waals surface area contributed by atoms with E-state index in [1.165, 1.54) is 0 Å². The lowest BCUT2D eigenvalue weighted by Crippen LogP contribution is -2.42. The fraction of sp³-hybridized carbons (Fsp3) is 0.286. The van der Waals surface area contributed by atoms with Gasteiger partial charge in [-0.05, 0) is 48.5 Å². The van der Waals surface area contributed by atoms with Gasteiger partial charge in [-0.25, -0.2) is 0 Å². The number of aromatic nitrogens is 1. The van der Waals surface area contributed by atoms with Crippen molar-refractivity contribution in [3.63, 3.8) is 0 Å². The van der Waals surface area contributed by atoms with E-state index < -0.39 is 0 Å². The van der Waals surface area contributed by atoms with Gasteiger partial charge >= 0.3 is 0 Å². The van der Waals surface area contributed by atoms with Crippen LogP contribution in [0.4, 0.5) is 5.69 Å². The summed E-state index contributed by atoms with van der Waals surface area (Å²) in [6.45, 7) is 1.36. The third kappa shape index (κ3) is 3.60. The highest BCUT2D eigenvalue weighted by atomic mass is 35.5. The minimum Gasteiger partial charge on any atom is -0.490 e. The largest absolute Gasteiger partial charge is 0.490 e. The van der Waals surface area contributed by atoms with E-state index in [0.29, 0.717) is 29.5 Å². The number of likely N-dealkylation sites (tertiary alicyclic amines) is 1. The maximum Gasteiger partial charge on any atom is 0.270 e. The Bertz CT molecular complexity index is 973. The van der Waals surface area contributed by atoms with Crippen LogP contribution in [0.1, 0.15) is 23.3 Å². The lowest BCUT2D eigenvalue weighted by molar-refractivity contribution is 0.0587. The molecule has 5 nitrogen and oxygen atoms in total. The standard InChI is InChI=1S/C21H22ClN3O2/c1-24-19-7-4-16(23)12-14(19)13-20(24)21(26)25-10-8-18(9-11-25)27-17-5-2-15(22)3-6-17/h2-7,12-13,18H,8-11,23H2,1H3. The van der Waals surface area contributed by atoms with Gasteiger partial charge in [0.05, 0.1) is 0 Å². The highest BCUT2D eigenvalue weighted by Gasteiger charge is 2.26. The second-order valence-electron chi connectivity index (χ2n) is 6.97. The Balaban J connectivity index is 1.43. The van der Waals surface area contributed by atoms with E-state index in [1.54, 1.807) is 0 Å². The summed E-state index contributed by atoms with van der Waals surface area (Å²) in [5.74, 6) is 0.868. The van der Waals surface area contributed by atoms with Crippen molar-refractivity contribution in [2.75, 3.05) is 18.8 Å². The number of nitrogens with two attached hydrogens (primary N) is 1. The van der Waals surface area contributed by atoms with Crippen LogP contribution in [0.5, 0.6) is 5.75 Å². The van der Waals surface area contributed by atoms with E-state index in [0.717, 1.165) is 29.5 Å². The Morgan fingerprint density at radius 1 is 1.11 bits per heavy atom. The van der Waals surface area contributed by atoms with E-state index in [9.17, 15) is 4.79 Å². The number of rotatable bonds is 3. The number of aryl methyl sites for hydroxylation is 1. The van der Waals surface area contributed by atoms with Gasteiger partial charge in [0.1, 0.15) is 17.5 Å². The summed E-state index contributed by atoms with van der Waals surface area (Å²) in [4.78, 5) is 14.9. The van der Waals surface area contributed by atoms with Crippen LogP contribution >= 0.6 is 11.6 Å². The number of hydrogen-bond acceptors (Lipinski definition) is 3. The lowest BCUT2D eigenvalue weighted by Gasteiger charge is -2.32. The first kappa shape index (κ1) is 17.7. The number of fused-ring (bicyclic) bond motifs is 1. The van der Waals surface area contributed by atoms with Gasteiger partial charge in [0.15, 0.2) is 0 Å². The van der Waals surface area contributed by atoms with Crippen LogP contribution in [0.2, 0.25) is 5.02 Å². The van der Waals surface area contributed by atoms with Crippen molar-refractivity contribution >= 4 is 34.1 Å². The molecule has 1 aliphatic rings. The molecule has 1 aliphatic heterocycles. The van der Waals surface area contributed by atoms with Crippen molar-refractivity contribution in [3.8, 4) is 5.75 Å². The summed E-state index contributed by atoms with van der Waals surface area (Å²) in [7, 11) is 1.92. The summed E-state index contributed by atoms with van der Waals surface area (Å²) < 4.78 is 7.95. The number of nitrogen functional groups attached to an aromatic ring is 1. The molecule has 0 atom stereocenters. The third-order valence-electron chi connectivity index (χ3n) is 5.13. The molecule has 2 N–H and O–H groups in total. The molecule has 3 aromatic rings. The van der Waals surface area contributed by atoms with Crippen molar-refractivity contribution in [2.24, 2.45) is 7.05 Å². The highest BCUT2D eigenvalue weighted by Crippen LogP contribution is 2.25. The SMILES string of the molecule is Cn1c(C(=O)N2CCC(Oc3ccc(Cl)cc3)CC2)cc2cc(N)ccc21. The molecule has 2 aromatic carbocycles. The number of hydrogen-bond donors (Lipinski definition) is 1. The molecule has 0 aliphatic carbocycles. The summed E-state index contributed by atoms with van der Waals surface area (Å²) in [5.41, 5.74) is 8.26. The van der Waals surface area contributed by atoms with E-state index in [2.05, 4.69) is 0 Å². The van der Waals surface area contributed by atoms with E-state index >= 15 is 0 Å². The molecule has 1 amide bonds. The van der Waals surface area contributed by atoms with Crippen LogP contribution in [-0.2, 0) is 7.05 Å². The second kappa shape index (κ2) is 7.16. The first-order valence-corrected chi connectivity index (χ1v) is 9.45. The average molecular weight is 384 g/mol. The summed E-state index contributed by atoms with van der Waals surface area (Å²) in [6.07, 6.45) is 1.73. The summed E-state index contributed by atoms with van der Waals surface area (Å²) >= 11 is 5.91. The Kier molecular flexibility index (Phi) is 4.70. The van der Waals surface area contributed by atoms with Crippen LogP contribution in [0, 0.1) is 0 Å². The molecule has 2 heterocycles. The number of amides is 1. The van der Waals surface area contributed by atoms with Crippen molar-refractivity contribution in [1.29, 1.82) is 0 Å². The Labute approximate surface area is 163 Å². The number of anilines is 1. The minimum absolute atomic E-state index is 0.0530. The van der Waals surface area contributed by atoms with Crippen LogP contribution in [0.15, 0.2) is 48.5 Å². The number of carbonyl (C=O) groups is 1. The van der Waals surface area contributed by atoms with Gasteiger partial charge in [-0.1, -0.05) is 11.6 Å². The van der Waals surface area contributed by atoms with Crippen molar-refractivity contribution in [2.45, 2.75) is 18.9 Å². The predicted octanol–water partition coefficient (Wildman–Crippen LogP) is 4.10. The first-order valence-electron chi connectivity index (χ1n) is 9.08. The molecular formula is C21H22ClN3O2. The highest BCUT2D eigenvalue weighted by molar-refractivity contribution is 6.30. The normalized spacial score (nSPS) is 15.3.